The van der Waals surface area contributed by atoms with E-state index in [0.717, 1.165) is 11.3 Å². The Morgan fingerprint density at radius 3 is 2.63 bits per heavy atom. The molecule has 2 unspecified atom stereocenters. The zero-order valence-corrected chi connectivity index (χ0v) is 12.1. The molecule has 0 aromatic carbocycles. The Labute approximate surface area is 116 Å². The number of hydrogen-bond acceptors (Lipinski definition) is 4. The average molecular weight is 278 g/mol. The molecule has 2 aromatic heterocycles. The number of rotatable bonds is 4. The highest BCUT2D eigenvalue weighted by atomic mass is 32.2. The van der Waals surface area contributed by atoms with Gasteiger partial charge in [-0.1, -0.05) is 6.07 Å². The van der Waals surface area contributed by atoms with E-state index in [1.54, 1.807) is 18.7 Å². The zero-order valence-electron chi connectivity index (χ0n) is 11.3. The van der Waals surface area contributed by atoms with Gasteiger partial charge in [-0.2, -0.15) is 0 Å². The number of nitrogens with one attached hydrogen (secondary N) is 1. The maximum atomic E-state index is 12.3. The van der Waals surface area contributed by atoms with Crippen molar-refractivity contribution in [2.24, 2.45) is 0 Å². The fraction of sp³-hybridized carbons (Fsp3) is 0.357. The van der Waals surface area contributed by atoms with Gasteiger partial charge in [0, 0.05) is 23.8 Å². The van der Waals surface area contributed by atoms with Crippen LogP contribution < -0.4 is 4.72 Å². The summed E-state index contributed by atoms with van der Waals surface area (Å²) >= 11 is -1.19. The Hall–Kier alpha value is -1.30. The van der Waals surface area contributed by atoms with Crippen LogP contribution in [-0.4, -0.2) is 14.3 Å². The number of furan rings is 1. The van der Waals surface area contributed by atoms with Crippen LogP contribution in [0.5, 0.6) is 0 Å². The molecule has 2 rings (SSSR count). The lowest BCUT2D eigenvalue weighted by atomic mass is 10.1. The van der Waals surface area contributed by atoms with Crippen LogP contribution in [0, 0.1) is 0 Å². The first-order chi connectivity index (χ1) is 8.98. The standard InChI is InChI=1S/C14H18N2O2S/c1-14(2,3)19(17)16-13(12-7-5-9-18-12)11-6-4-8-15-10-11/h4-10,13,16H,1-3H3. The first kappa shape index (κ1) is 14.1. The first-order valence-corrected chi connectivity index (χ1v) is 7.25. The molecule has 5 heteroatoms. The van der Waals surface area contributed by atoms with Gasteiger partial charge in [-0.15, -0.1) is 4.72 Å². The van der Waals surface area contributed by atoms with E-state index in [1.165, 1.54) is 0 Å². The van der Waals surface area contributed by atoms with Gasteiger partial charge in [-0.3, -0.25) is 4.98 Å². The summed E-state index contributed by atoms with van der Waals surface area (Å²) in [4.78, 5) is 4.10. The molecule has 0 radical (unpaired) electrons. The summed E-state index contributed by atoms with van der Waals surface area (Å²) in [6, 6.07) is 7.22. The molecular weight excluding hydrogens is 260 g/mol. The molecule has 0 amide bonds. The summed E-state index contributed by atoms with van der Waals surface area (Å²) in [7, 11) is 0. The van der Waals surface area contributed by atoms with Crippen LogP contribution in [0.4, 0.5) is 0 Å². The van der Waals surface area contributed by atoms with Gasteiger partial charge in [0.05, 0.1) is 6.26 Å². The summed E-state index contributed by atoms with van der Waals surface area (Å²) in [6.45, 7) is 5.79. The molecule has 4 nitrogen and oxygen atoms in total. The minimum absolute atomic E-state index is 0.260. The zero-order chi connectivity index (χ0) is 13.9. The van der Waals surface area contributed by atoms with Crippen LogP contribution in [0.3, 0.4) is 0 Å². The highest BCUT2D eigenvalue weighted by Crippen LogP contribution is 2.25. The summed E-state index contributed by atoms with van der Waals surface area (Å²) in [5.41, 5.74) is 0.926. The van der Waals surface area contributed by atoms with Gasteiger partial charge in [0.2, 0.25) is 0 Å². The summed E-state index contributed by atoms with van der Waals surface area (Å²) in [5.74, 6) is 0.727. The highest BCUT2D eigenvalue weighted by molar-refractivity contribution is 7.90. The third-order valence-electron chi connectivity index (χ3n) is 2.63. The molecule has 1 N–H and O–H groups in total. The van der Waals surface area contributed by atoms with Gasteiger partial charge < -0.3 is 8.97 Å². The first-order valence-electron chi connectivity index (χ1n) is 6.10. The predicted octanol–water partition coefficient (Wildman–Crippen LogP) is 2.82. The smallest absolute Gasteiger partial charge is 0.137 e. The van der Waals surface area contributed by atoms with E-state index < -0.39 is 11.4 Å². The molecule has 0 aliphatic heterocycles. The van der Waals surface area contributed by atoms with Crippen LogP contribution in [0.1, 0.15) is 38.1 Å². The van der Waals surface area contributed by atoms with E-state index in [9.17, 15) is 4.55 Å². The molecular formula is C14H18N2O2S. The largest absolute Gasteiger partial charge is 0.598 e. The van der Waals surface area contributed by atoms with Crippen molar-refractivity contribution in [3.63, 3.8) is 0 Å². The SMILES string of the molecule is CC(C)(C)[S+]([O-])NC(c1cccnc1)c1ccco1. The van der Waals surface area contributed by atoms with Crippen molar-refractivity contribution in [1.82, 2.24) is 9.71 Å². The molecule has 19 heavy (non-hydrogen) atoms. The Balaban J connectivity index is 2.26. The molecule has 2 aromatic rings. The van der Waals surface area contributed by atoms with Crippen LogP contribution in [0.15, 0.2) is 47.3 Å². The quantitative estimate of drug-likeness (QED) is 0.874. The summed E-state index contributed by atoms with van der Waals surface area (Å²) < 4.78 is 20.5. The molecule has 0 aliphatic carbocycles. The Bertz CT molecular complexity index is 494. The van der Waals surface area contributed by atoms with Crippen LogP contribution in [0.25, 0.3) is 0 Å². The molecule has 2 heterocycles. The van der Waals surface area contributed by atoms with E-state index in [-0.39, 0.29) is 10.8 Å². The Kier molecular flexibility index (Phi) is 4.29. The van der Waals surface area contributed by atoms with Gasteiger partial charge in [0.25, 0.3) is 0 Å². The maximum Gasteiger partial charge on any atom is 0.137 e. The van der Waals surface area contributed by atoms with E-state index in [1.807, 2.05) is 45.0 Å². The summed E-state index contributed by atoms with van der Waals surface area (Å²) in [5, 5.41) is 0. The van der Waals surface area contributed by atoms with Gasteiger partial charge >= 0.3 is 0 Å². The molecule has 0 aliphatic rings. The molecule has 102 valence electrons. The third kappa shape index (κ3) is 3.59. The third-order valence-corrected chi connectivity index (χ3v) is 4.19. The van der Waals surface area contributed by atoms with Crippen molar-refractivity contribution in [3.8, 4) is 0 Å². The Morgan fingerprint density at radius 1 is 1.32 bits per heavy atom. The van der Waals surface area contributed by atoms with E-state index in [0.29, 0.717) is 0 Å². The predicted molar refractivity (Wildman–Crippen MR) is 75.8 cm³/mol. The van der Waals surface area contributed by atoms with E-state index in [2.05, 4.69) is 9.71 Å². The lowest BCUT2D eigenvalue weighted by Crippen LogP contribution is -2.41. The second-order valence-electron chi connectivity index (χ2n) is 5.23. The van der Waals surface area contributed by atoms with Crippen molar-refractivity contribution in [2.75, 3.05) is 0 Å². The topological polar surface area (TPSA) is 61.1 Å². The van der Waals surface area contributed by atoms with Gasteiger partial charge in [0.15, 0.2) is 0 Å². The van der Waals surface area contributed by atoms with Crippen molar-refractivity contribution in [2.45, 2.75) is 31.6 Å². The molecule has 2 atom stereocenters. The lowest BCUT2D eigenvalue weighted by Gasteiger charge is -2.27. The van der Waals surface area contributed by atoms with Gasteiger partial charge in [-0.25, -0.2) is 0 Å². The minimum atomic E-state index is -1.19. The van der Waals surface area contributed by atoms with Crippen molar-refractivity contribution >= 4 is 11.4 Å². The highest BCUT2D eigenvalue weighted by Gasteiger charge is 2.31. The van der Waals surface area contributed by atoms with Gasteiger partial charge in [-0.05, 0) is 44.5 Å². The van der Waals surface area contributed by atoms with E-state index in [4.69, 9.17) is 4.42 Å². The fourth-order valence-corrected chi connectivity index (χ4v) is 2.40. The molecule has 0 spiro atoms. The minimum Gasteiger partial charge on any atom is -0.598 e. The second-order valence-corrected chi connectivity index (χ2v) is 7.23. The normalized spacial score (nSPS) is 15.2. The summed E-state index contributed by atoms with van der Waals surface area (Å²) in [6.07, 6.45) is 5.07. The average Bonchev–Trinajstić information content (AvgIpc) is 2.89. The number of aromatic nitrogens is 1. The molecule has 0 bridgehead atoms. The van der Waals surface area contributed by atoms with Crippen LogP contribution in [0.2, 0.25) is 0 Å². The molecule has 0 saturated heterocycles. The molecule has 0 fully saturated rings. The number of hydrogen-bond donors (Lipinski definition) is 1. The van der Waals surface area contributed by atoms with Crippen molar-refractivity contribution in [1.29, 1.82) is 0 Å². The van der Waals surface area contributed by atoms with Crippen molar-refractivity contribution < 1.29 is 8.97 Å². The molecule has 0 saturated carbocycles. The Morgan fingerprint density at radius 2 is 2.11 bits per heavy atom. The maximum absolute atomic E-state index is 12.3. The second kappa shape index (κ2) is 5.77. The van der Waals surface area contributed by atoms with E-state index >= 15 is 0 Å². The number of pyridine rings is 1. The van der Waals surface area contributed by atoms with Gasteiger partial charge in [0.1, 0.15) is 16.5 Å². The van der Waals surface area contributed by atoms with Crippen LogP contribution >= 0.6 is 0 Å². The monoisotopic (exact) mass is 278 g/mol. The van der Waals surface area contributed by atoms with Crippen LogP contribution in [-0.2, 0) is 11.4 Å². The fourth-order valence-electron chi connectivity index (χ4n) is 1.58. The van der Waals surface area contributed by atoms with Crippen molar-refractivity contribution in [3.05, 3.63) is 54.2 Å². The number of nitrogens with zero attached hydrogens (tertiary/aromatic N) is 1. The lowest BCUT2D eigenvalue weighted by molar-refractivity contribution is 0.465.